The van der Waals surface area contributed by atoms with E-state index in [0.29, 0.717) is 18.4 Å². The molecule has 6 aliphatic heterocycles. The topological polar surface area (TPSA) is 92.3 Å². The van der Waals surface area contributed by atoms with Crippen LogP contribution in [0, 0.1) is 6.92 Å². The van der Waals surface area contributed by atoms with Gasteiger partial charge in [0.25, 0.3) is 0 Å². The monoisotopic (exact) mass is 980 g/mol. The lowest BCUT2D eigenvalue weighted by Gasteiger charge is -2.41. The molecule has 1 aromatic rings. The number of carbonyl (C=O) groups is 3. The van der Waals surface area contributed by atoms with Crippen molar-refractivity contribution in [2.45, 2.75) is 210 Å². The molecule has 7 rings (SSSR count). The molecule has 0 saturated carbocycles. The Hall–Kier alpha value is -4.19. The maximum absolute atomic E-state index is 11.4. The van der Waals surface area contributed by atoms with Gasteiger partial charge in [-0.15, -0.1) is 0 Å². The van der Waals surface area contributed by atoms with Crippen molar-refractivity contribution < 1.29 is 23.9 Å². The average Bonchev–Trinajstić information content (AvgIpc) is 4.04. The number of piperidine rings is 1. The highest BCUT2D eigenvalue weighted by molar-refractivity contribution is 5.79. The number of amides is 4. The minimum atomic E-state index is -0.0259. The number of likely N-dealkylation sites (N-methyl/N-ethyl adjacent to an activating group) is 1. The van der Waals surface area contributed by atoms with Crippen LogP contribution in [0.3, 0.4) is 0 Å². The van der Waals surface area contributed by atoms with Crippen LogP contribution in [0.5, 0.6) is 0 Å². The van der Waals surface area contributed by atoms with Crippen molar-refractivity contribution in [3.63, 3.8) is 0 Å². The third-order valence-corrected chi connectivity index (χ3v) is 12.6. The van der Waals surface area contributed by atoms with Crippen LogP contribution in [0.15, 0.2) is 67.3 Å². The summed E-state index contributed by atoms with van der Waals surface area (Å²) in [5, 5.41) is 0. The molecule has 4 amide bonds. The molecule has 12 nitrogen and oxygen atoms in total. The number of allylic oxidation sites excluding steroid dienone is 1. The lowest BCUT2D eigenvalue weighted by atomic mass is 9.99. The first-order valence-corrected chi connectivity index (χ1v) is 26.1. The van der Waals surface area contributed by atoms with E-state index in [1.807, 2.05) is 39.9 Å². The number of urea groups is 1. The second-order valence-electron chi connectivity index (χ2n) is 25.2. The Morgan fingerprint density at radius 3 is 1.09 bits per heavy atom. The summed E-state index contributed by atoms with van der Waals surface area (Å²) in [6, 6.07) is 10.4. The quantitative estimate of drug-likeness (QED) is 0.254. The summed E-state index contributed by atoms with van der Waals surface area (Å²) in [5.74, 6) is 1.44. The van der Waals surface area contributed by atoms with Gasteiger partial charge in [0.2, 0.25) is 11.8 Å². The van der Waals surface area contributed by atoms with Crippen molar-refractivity contribution in [1.82, 2.24) is 34.3 Å². The lowest BCUT2D eigenvalue weighted by Crippen LogP contribution is -2.46. The van der Waals surface area contributed by atoms with E-state index in [-0.39, 0.29) is 39.3 Å². The summed E-state index contributed by atoms with van der Waals surface area (Å²) in [6.45, 7) is 61.5. The number of morpholine rings is 1. The molecule has 0 spiro atoms. The predicted molar refractivity (Wildman–Crippen MR) is 294 cm³/mol. The van der Waals surface area contributed by atoms with E-state index in [9.17, 15) is 14.4 Å². The zero-order valence-electron chi connectivity index (χ0n) is 48.7. The Morgan fingerprint density at radius 2 is 0.857 bits per heavy atom. The molecule has 1 aromatic carbocycles. The molecule has 0 unspecified atom stereocenters. The Morgan fingerprint density at radius 1 is 0.443 bits per heavy atom. The fourth-order valence-corrected chi connectivity index (χ4v) is 8.78. The molecular weight excluding hydrogens is 875 g/mol. The first-order chi connectivity index (χ1) is 31.9. The summed E-state index contributed by atoms with van der Waals surface area (Å²) < 4.78 is 10.5. The molecule has 0 aromatic heterocycles. The Balaban J connectivity index is 0.000000410. The molecule has 6 fully saturated rings. The van der Waals surface area contributed by atoms with E-state index in [4.69, 9.17) is 9.47 Å². The van der Waals surface area contributed by atoms with Gasteiger partial charge in [0.05, 0.1) is 19.8 Å². The minimum absolute atomic E-state index is 0.0259. The van der Waals surface area contributed by atoms with Gasteiger partial charge >= 0.3 is 6.03 Å². The fourth-order valence-electron chi connectivity index (χ4n) is 8.78. The highest BCUT2D eigenvalue weighted by Gasteiger charge is 2.34. The summed E-state index contributed by atoms with van der Waals surface area (Å²) in [6.07, 6.45) is 7.42. The highest BCUT2D eigenvalue weighted by atomic mass is 16.5. The molecule has 0 atom stereocenters. The van der Waals surface area contributed by atoms with Crippen molar-refractivity contribution >= 4 is 17.8 Å². The Kier molecular flexibility index (Phi) is 25.2. The normalized spacial score (nSPS) is 19.1. The zero-order valence-corrected chi connectivity index (χ0v) is 48.7. The van der Waals surface area contributed by atoms with Crippen molar-refractivity contribution in [2.24, 2.45) is 0 Å². The first-order valence-electron chi connectivity index (χ1n) is 26.1. The first kappa shape index (κ1) is 63.8. The van der Waals surface area contributed by atoms with Gasteiger partial charge in [-0.05, 0) is 170 Å². The minimum Gasteiger partial charge on any atom is -0.478 e. The van der Waals surface area contributed by atoms with Gasteiger partial charge in [-0.3, -0.25) is 9.59 Å². The zero-order chi connectivity index (χ0) is 54.1. The largest absolute Gasteiger partial charge is 0.478 e. The number of hydrogen-bond acceptors (Lipinski definition) is 8. The maximum Gasteiger partial charge on any atom is 0.320 e. The summed E-state index contributed by atoms with van der Waals surface area (Å²) in [7, 11) is 1.84. The third kappa shape index (κ3) is 22.9. The van der Waals surface area contributed by atoms with Gasteiger partial charge < -0.3 is 43.8 Å². The molecule has 6 heterocycles. The molecule has 0 radical (unpaired) electrons. The molecule has 0 aliphatic carbocycles. The smallest absolute Gasteiger partial charge is 0.320 e. The van der Waals surface area contributed by atoms with Crippen molar-refractivity contribution in [3.05, 3.63) is 72.9 Å². The highest BCUT2D eigenvalue weighted by Crippen LogP contribution is 2.27. The number of carbonyl (C=O) groups excluding carboxylic acids is 3. The number of likely N-dealkylation sites (tertiary alicyclic amines) is 3. The Labute approximate surface area is 429 Å². The molecule has 402 valence electrons. The molecule has 6 aliphatic rings. The summed E-state index contributed by atoms with van der Waals surface area (Å²) >= 11 is 0. The van der Waals surface area contributed by atoms with Gasteiger partial charge in [-0.2, -0.15) is 0 Å². The van der Waals surface area contributed by atoms with E-state index in [2.05, 4.69) is 178 Å². The van der Waals surface area contributed by atoms with Crippen LogP contribution in [-0.2, 0) is 19.1 Å². The molecule has 70 heavy (non-hydrogen) atoms. The number of nitrogens with zero attached hydrogens (tertiary/aromatic N) is 7. The van der Waals surface area contributed by atoms with Crippen LogP contribution in [0.4, 0.5) is 4.79 Å². The van der Waals surface area contributed by atoms with Crippen molar-refractivity contribution in [1.29, 1.82) is 0 Å². The second kappa shape index (κ2) is 27.6. The summed E-state index contributed by atoms with van der Waals surface area (Å²) in [5.41, 5.74) is 4.42. The van der Waals surface area contributed by atoms with Crippen LogP contribution in [-0.4, -0.2) is 158 Å². The van der Waals surface area contributed by atoms with E-state index in [1.54, 1.807) is 4.90 Å². The predicted octanol–water partition coefficient (Wildman–Crippen LogP) is 12.0. The van der Waals surface area contributed by atoms with Gasteiger partial charge in [0, 0.05) is 104 Å². The van der Waals surface area contributed by atoms with Crippen molar-refractivity contribution in [3.8, 4) is 0 Å². The standard InChI is InChI=1S/C10H19N.C9H17NO.C8H16N2O.3C8H15NO.C7H8/c1-9-7-5-6-8-11(9)10(2,3)4;1-8-7-11-6-5-10(8)9(2,3)4;1-8(2,3)10-6-5-9(4)7(10)11;1-7-9(5-6-10-7)8(2,3)4;2*1-8(2,3)9-6-4-5-7(9)10;1-7-5-3-2-4-6-7/h1,5-8H2,2-4H3;1,5-7H2,2-4H3;5-6H2,1-4H3;1,5-6H2,2-4H3;2*4-6H2,1-3H3;2-6H,1H3. The fraction of sp³-hybridized carbons (Fsp3) is 0.741. The van der Waals surface area contributed by atoms with E-state index >= 15 is 0 Å². The van der Waals surface area contributed by atoms with Crippen LogP contribution >= 0.6 is 0 Å². The van der Waals surface area contributed by atoms with Crippen molar-refractivity contribution in [2.75, 3.05) is 72.7 Å². The molecule has 12 heteroatoms. The SMILES string of the molecule is C=C1CCCCN1C(C)(C)C.C=C1COCCN1C(C)(C)C.C=C1OCCN1C(C)(C)C.CC(C)(C)N1CCCC1=O.CC(C)(C)N1CCCC1=O.CN1CCN(C(C)(C)C)C1=O.Cc1ccccc1. The van der Waals surface area contributed by atoms with Crippen LogP contribution in [0.1, 0.15) is 175 Å². The van der Waals surface area contributed by atoms with E-state index in [1.165, 1.54) is 37.1 Å². The molecular formula is C58H105N7O5. The number of hydrogen-bond donors (Lipinski definition) is 0. The molecule has 0 bridgehead atoms. The molecule has 0 N–H and O–H groups in total. The number of ether oxygens (including phenoxy) is 2. The number of rotatable bonds is 0. The summed E-state index contributed by atoms with van der Waals surface area (Å²) in [4.78, 5) is 48.2. The Bertz CT molecular complexity index is 1640. The number of aryl methyl sites for hydroxylation is 1. The molecule has 6 saturated heterocycles. The number of benzene rings is 1. The van der Waals surface area contributed by atoms with E-state index < -0.39 is 0 Å². The van der Waals surface area contributed by atoms with E-state index in [0.717, 1.165) is 89.7 Å². The van der Waals surface area contributed by atoms with Gasteiger partial charge in [0.15, 0.2) is 5.88 Å². The van der Waals surface area contributed by atoms with Gasteiger partial charge in [-0.25, -0.2) is 4.79 Å². The van der Waals surface area contributed by atoms with Gasteiger partial charge in [-0.1, -0.05) is 49.1 Å². The van der Waals surface area contributed by atoms with Crippen LogP contribution in [0.25, 0.3) is 0 Å². The lowest BCUT2D eigenvalue weighted by molar-refractivity contribution is -0.132. The van der Waals surface area contributed by atoms with Gasteiger partial charge in [0.1, 0.15) is 6.61 Å². The second-order valence-corrected chi connectivity index (χ2v) is 25.2. The van der Waals surface area contributed by atoms with Crippen LogP contribution in [0.2, 0.25) is 0 Å². The third-order valence-electron chi connectivity index (χ3n) is 12.6. The van der Waals surface area contributed by atoms with Crippen LogP contribution < -0.4 is 0 Å². The average molecular weight is 981 g/mol. The maximum atomic E-state index is 11.4.